The van der Waals surface area contributed by atoms with E-state index in [1.807, 2.05) is 32.3 Å². The summed E-state index contributed by atoms with van der Waals surface area (Å²) in [6, 6.07) is 6.15. The van der Waals surface area contributed by atoms with Gasteiger partial charge < -0.3 is 20.3 Å². The molecule has 4 nitrogen and oxygen atoms in total. The van der Waals surface area contributed by atoms with Crippen LogP contribution in [0, 0.1) is 0 Å². The number of halogens is 1. The Balaban J connectivity index is 2.51. The molecule has 0 heterocycles. The van der Waals surface area contributed by atoms with Crippen LogP contribution in [0.15, 0.2) is 22.7 Å². The third-order valence-corrected chi connectivity index (χ3v) is 3.75. The lowest BCUT2D eigenvalue weighted by atomic mass is 10.1. The molecule has 0 bridgehead atoms. The molecule has 0 saturated carbocycles. The minimum atomic E-state index is 0.136. The number of likely N-dealkylation sites (N-methyl/N-ethyl adjacent to an activating group) is 1. The Bertz CT molecular complexity index is 454. The summed E-state index contributed by atoms with van der Waals surface area (Å²) in [4.78, 5) is 2.11. The van der Waals surface area contributed by atoms with Crippen LogP contribution in [-0.4, -0.2) is 44.3 Å². The van der Waals surface area contributed by atoms with E-state index in [9.17, 15) is 0 Å². The molecule has 0 amide bonds. The topological polar surface area (TPSA) is 36.5 Å². The number of hydrogen-bond acceptors (Lipinski definition) is 3. The van der Waals surface area contributed by atoms with Gasteiger partial charge in [0.1, 0.15) is 5.75 Å². The molecule has 0 aliphatic heterocycles. The van der Waals surface area contributed by atoms with Gasteiger partial charge >= 0.3 is 0 Å². The van der Waals surface area contributed by atoms with Gasteiger partial charge in [-0.15, -0.1) is 0 Å². The fourth-order valence-corrected chi connectivity index (χ4v) is 2.51. The van der Waals surface area contributed by atoms with Crippen molar-refractivity contribution >= 4 is 33.3 Å². The molecule has 112 valence electrons. The van der Waals surface area contributed by atoms with Crippen LogP contribution in [0.25, 0.3) is 0 Å². The van der Waals surface area contributed by atoms with Gasteiger partial charge in [0.25, 0.3) is 0 Å². The van der Waals surface area contributed by atoms with E-state index in [1.165, 1.54) is 0 Å². The normalized spacial score (nSPS) is 12.1. The number of hydrogen-bond donors (Lipinski definition) is 2. The Morgan fingerprint density at radius 2 is 2.15 bits per heavy atom. The van der Waals surface area contributed by atoms with Crippen molar-refractivity contribution in [3.63, 3.8) is 0 Å². The summed E-state index contributed by atoms with van der Waals surface area (Å²) in [5, 5.41) is 7.14. The molecule has 0 saturated heterocycles. The summed E-state index contributed by atoms with van der Waals surface area (Å²) in [5.74, 6) is 0.827. The molecule has 1 aromatic carbocycles. The first-order valence-corrected chi connectivity index (χ1v) is 7.66. The summed E-state index contributed by atoms with van der Waals surface area (Å²) in [7, 11) is 5.73. The average molecular weight is 360 g/mol. The molecule has 0 spiro atoms. The van der Waals surface area contributed by atoms with Gasteiger partial charge in [-0.25, -0.2) is 0 Å². The number of benzene rings is 1. The predicted molar refractivity (Wildman–Crippen MR) is 91.4 cm³/mol. The summed E-state index contributed by atoms with van der Waals surface area (Å²) in [6.45, 7) is 3.86. The lowest BCUT2D eigenvalue weighted by Crippen LogP contribution is -2.39. The number of nitrogens with zero attached hydrogens (tertiary/aromatic N) is 1. The fourth-order valence-electron chi connectivity index (χ4n) is 1.68. The summed E-state index contributed by atoms with van der Waals surface area (Å²) < 4.78 is 6.17. The molecule has 1 atom stereocenters. The summed E-state index contributed by atoms with van der Waals surface area (Å²) in [5.41, 5.74) is 1.15. The van der Waals surface area contributed by atoms with Crippen molar-refractivity contribution in [1.29, 1.82) is 0 Å². The first-order valence-electron chi connectivity index (χ1n) is 6.46. The molecule has 20 heavy (non-hydrogen) atoms. The van der Waals surface area contributed by atoms with E-state index in [4.69, 9.17) is 17.0 Å². The third-order valence-electron chi connectivity index (χ3n) is 2.87. The van der Waals surface area contributed by atoms with Crippen LogP contribution < -0.4 is 15.4 Å². The Morgan fingerprint density at radius 1 is 1.45 bits per heavy atom. The number of ether oxygens (including phenoxy) is 1. The maximum atomic E-state index is 5.29. The number of nitrogens with one attached hydrogen (secondary N) is 2. The number of methoxy groups -OCH3 is 1. The highest BCUT2D eigenvalue weighted by molar-refractivity contribution is 9.10. The highest BCUT2D eigenvalue weighted by Gasteiger charge is 2.09. The SMILES string of the molecule is COc1ccc([C@H](C)NC(=S)NCCN(C)C)cc1Br. The molecule has 0 aliphatic carbocycles. The minimum absolute atomic E-state index is 0.136. The van der Waals surface area contributed by atoms with Crippen LogP contribution in [0.3, 0.4) is 0 Å². The second-order valence-corrected chi connectivity index (χ2v) is 6.08. The standard InChI is InChI=1S/C14H22BrN3OS/c1-10(17-14(20)16-7-8-18(2)3)11-5-6-13(19-4)12(15)9-11/h5-6,9-10H,7-8H2,1-4H3,(H2,16,17,20)/t10-/m0/s1. The molecule has 0 unspecified atom stereocenters. The highest BCUT2D eigenvalue weighted by Crippen LogP contribution is 2.27. The van der Waals surface area contributed by atoms with Crippen molar-refractivity contribution in [1.82, 2.24) is 15.5 Å². The van der Waals surface area contributed by atoms with Crippen LogP contribution in [0.1, 0.15) is 18.5 Å². The molecular weight excluding hydrogens is 338 g/mol. The lowest BCUT2D eigenvalue weighted by Gasteiger charge is -2.19. The summed E-state index contributed by atoms with van der Waals surface area (Å²) in [6.07, 6.45) is 0. The van der Waals surface area contributed by atoms with E-state index in [-0.39, 0.29) is 6.04 Å². The molecule has 0 aromatic heterocycles. The predicted octanol–water partition coefficient (Wildman–Crippen LogP) is 2.54. The summed E-state index contributed by atoms with van der Waals surface area (Å²) >= 11 is 8.78. The first-order chi connectivity index (χ1) is 9.43. The van der Waals surface area contributed by atoms with Gasteiger partial charge in [-0.05, 0) is 66.9 Å². The van der Waals surface area contributed by atoms with Crippen molar-refractivity contribution in [3.8, 4) is 5.75 Å². The maximum Gasteiger partial charge on any atom is 0.166 e. The smallest absolute Gasteiger partial charge is 0.166 e. The Morgan fingerprint density at radius 3 is 2.70 bits per heavy atom. The van der Waals surface area contributed by atoms with Crippen LogP contribution in [-0.2, 0) is 0 Å². The molecule has 6 heteroatoms. The van der Waals surface area contributed by atoms with Gasteiger partial charge in [0, 0.05) is 13.1 Å². The van der Waals surface area contributed by atoms with Crippen LogP contribution in [0.5, 0.6) is 5.75 Å². The van der Waals surface area contributed by atoms with Crippen LogP contribution in [0.2, 0.25) is 0 Å². The van der Waals surface area contributed by atoms with E-state index in [0.717, 1.165) is 28.9 Å². The minimum Gasteiger partial charge on any atom is -0.496 e. The Kier molecular flexibility index (Phi) is 7.26. The number of rotatable bonds is 6. The largest absolute Gasteiger partial charge is 0.496 e. The van der Waals surface area contributed by atoms with Gasteiger partial charge in [0.2, 0.25) is 0 Å². The van der Waals surface area contributed by atoms with E-state index < -0.39 is 0 Å². The third kappa shape index (κ3) is 5.64. The zero-order chi connectivity index (χ0) is 15.1. The molecule has 0 fully saturated rings. The van der Waals surface area contributed by atoms with Crippen molar-refractivity contribution in [2.75, 3.05) is 34.3 Å². The molecule has 0 radical (unpaired) electrons. The van der Waals surface area contributed by atoms with Gasteiger partial charge in [-0.1, -0.05) is 6.07 Å². The Hall–Kier alpha value is -0.850. The second kappa shape index (κ2) is 8.44. The van der Waals surface area contributed by atoms with Gasteiger partial charge in [-0.2, -0.15) is 0 Å². The van der Waals surface area contributed by atoms with Crippen molar-refractivity contribution in [2.24, 2.45) is 0 Å². The monoisotopic (exact) mass is 359 g/mol. The van der Waals surface area contributed by atoms with Crippen molar-refractivity contribution < 1.29 is 4.74 Å². The quantitative estimate of drug-likeness (QED) is 0.763. The van der Waals surface area contributed by atoms with Crippen LogP contribution in [0.4, 0.5) is 0 Å². The maximum absolute atomic E-state index is 5.29. The molecule has 0 aliphatic rings. The zero-order valence-electron chi connectivity index (χ0n) is 12.4. The molecule has 2 N–H and O–H groups in total. The second-order valence-electron chi connectivity index (χ2n) is 4.82. The van der Waals surface area contributed by atoms with Gasteiger partial charge in [0.15, 0.2) is 5.11 Å². The zero-order valence-corrected chi connectivity index (χ0v) is 14.8. The Labute approximate surface area is 135 Å². The lowest BCUT2D eigenvalue weighted by molar-refractivity contribution is 0.411. The van der Waals surface area contributed by atoms with Crippen molar-refractivity contribution in [2.45, 2.75) is 13.0 Å². The first kappa shape index (κ1) is 17.2. The van der Waals surface area contributed by atoms with E-state index in [0.29, 0.717) is 5.11 Å². The van der Waals surface area contributed by atoms with E-state index >= 15 is 0 Å². The molecule has 1 aromatic rings. The van der Waals surface area contributed by atoms with Crippen LogP contribution >= 0.6 is 28.1 Å². The van der Waals surface area contributed by atoms with Gasteiger partial charge in [0.05, 0.1) is 17.6 Å². The number of thiocarbonyl (C=S) groups is 1. The highest BCUT2D eigenvalue weighted by atomic mass is 79.9. The van der Waals surface area contributed by atoms with E-state index in [2.05, 4.69) is 38.4 Å². The van der Waals surface area contributed by atoms with Crippen molar-refractivity contribution in [3.05, 3.63) is 28.2 Å². The molecular formula is C14H22BrN3OS. The fraction of sp³-hybridized carbons (Fsp3) is 0.500. The average Bonchev–Trinajstić information content (AvgIpc) is 2.38. The van der Waals surface area contributed by atoms with E-state index in [1.54, 1.807) is 7.11 Å². The van der Waals surface area contributed by atoms with Gasteiger partial charge in [-0.3, -0.25) is 0 Å². The molecule has 1 rings (SSSR count).